The first-order valence-corrected chi connectivity index (χ1v) is 12.8. The zero-order valence-electron chi connectivity index (χ0n) is 20.2. The van der Waals surface area contributed by atoms with Gasteiger partial charge in [0.15, 0.2) is 11.5 Å². The van der Waals surface area contributed by atoms with E-state index in [2.05, 4.69) is 9.50 Å². The lowest BCUT2D eigenvalue weighted by Gasteiger charge is -2.19. The maximum absolute atomic E-state index is 12.9. The normalized spacial score (nSPS) is 12.8. The van der Waals surface area contributed by atoms with Crippen molar-refractivity contribution in [2.45, 2.75) is 65.3 Å². The van der Waals surface area contributed by atoms with E-state index in [0.29, 0.717) is 11.3 Å². The van der Waals surface area contributed by atoms with Gasteiger partial charge in [0, 0.05) is 11.3 Å². The fraction of sp³-hybridized carbons (Fsp3) is 0.478. The average Bonchev–Trinajstić information content (AvgIpc) is 3.18. The number of para-hydroxylation sites is 1. The van der Waals surface area contributed by atoms with Gasteiger partial charge in [-0.15, -0.1) is 11.3 Å². The van der Waals surface area contributed by atoms with Crippen molar-refractivity contribution in [2.24, 2.45) is 5.41 Å². The number of anilines is 1. The van der Waals surface area contributed by atoms with Crippen molar-refractivity contribution in [3.8, 4) is 11.5 Å². The Labute approximate surface area is 206 Å². The number of carbonyl (C=O) groups is 2. The fourth-order valence-corrected chi connectivity index (χ4v) is 4.06. The van der Waals surface area contributed by atoms with Crippen molar-refractivity contribution in [1.29, 1.82) is 0 Å². The summed E-state index contributed by atoms with van der Waals surface area (Å²) in [4.78, 5) is 26.5. The zero-order chi connectivity index (χ0) is 26.8. The summed E-state index contributed by atoms with van der Waals surface area (Å²) in [5, 5.41) is 2.47. The van der Waals surface area contributed by atoms with Crippen molar-refractivity contribution in [3.63, 3.8) is 0 Å². The second-order valence-corrected chi connectivity index (χ2v) is 12.6. The van der Waals surface area contributed by atoms with E-state index < -0.39 is 39.0 Å². The number of hydrogen-bond donors (Lipinski definition) is 1. The number of carbonyl (C=O) groups excluding carboxylic acids is 2. The number of benzene rings is 1. The number of rotatable bonds is 7. The number of thiophene rings is 1. The van der Waals surface area contributed by atoms with E-state index in [1.54, 1.807) is 12.1 Å². The molecule has 0 saturated carbocycles. The molecule has 0 aliphatic carbocycles. The van der Waals surface area contributed by atoms with Crippen molar-refractivity contribution >= 4 is 39.0 Å². The van der Waals surface area contributed by atoms with Gasteiger partial charge in [-0.3, -0.25) is 9.59 Å². The van der Waals surface area contributed by atoms with Crippen LogP contribution in [0.4, 0.5) is 18.9 Å². The van der Waals surface area contributed by atoms with Crippen LogP contribution in [0.15, 0.2) is 30.3 Å². The summed E-state index contributed by atoms with van der Waals surface area (Å²) in [5.74, 6) is -2.97. The van der Waals surface area contributed by atoms with Crippen molar-refractivity contribution in [1.82, 2.24) is 0 Å². The quantitative estimate of drug-likeness (QED) is 0.195. The number of amides is 1. The van der Waals surface area contributed by atoms with E-state index in [9.17, 15) is 31.2 Å². The molecule has 2 aromatic rings. The molecular weight excluding hydrogens is 507 g/mol. The second-order valence-electron chi connectivity index (χ2n) is 10.0. The summed E-state index contributed by atoms with van der Waals surface area (Å²) in [6.07, 6.45) is 0.291. The Balaban J connectivity index is 2.43. The van der Waals surface area contributed by atoms with Gasteiger partial charge in [-0.2, -0.15) is 21.6 Å². The van der Waals surface area contributed by atoms with Gasteiger partial charge < -0.3 is 14.2 Å². The molecule has 12 heteroatoms. The molecule has 0 radical (unpaired) electrons. The Morgan fingerprint density at radius 1 is 1.00 bits per heavy atom. The highest BCUT2D eigenvalue weighted by molar-refractivity contribution is 7.88. The maximum Gasteiger partial charge on any atom is 0.534 e. The first-order valence-electron chi connectivity index (χ1n) is 10.6. The SMILES string of the molecule is CC(C)(C)CCC(=O)Oc1c(NC(=O)c2ccc(C(C)(C)C)s2)cccc1OS(=O)(=O)C(F)(F)F. The average molecular weight is 536 g/mol. The molecule has 0 aliphatic rings. The van der Waals surface area contributed by atoms with Crippen LogP contribution in [-0.2, 0) is 20.3 Å². The molecule has 0 unspecified atom stereocenters. The smallest absolute Gasteiger partial charge is 0.420 e. The lowest BCUT2D eigenvalue weighted by molar-refractivity contribution is -0.135. The molecule has 1 amide bonds. The second kappa shape index (κ2) is 10.2. The van der Waals surface area contributed by atoms with Crippen LogP contribution >= 0.6 is 11.3 Å². The van der Waals surface area contributed by atoms with Crippen LogP contribution in [0, 0.1) is 5.41 Å². The van der Waals surface area contributed by atoms with E-state index in [4.69, 9.17) is 4.74 Å². The molecule has 1 aromatic heterocycles. The Morgan fingerprint density at radius 3 is 2.14 bits per heavy atom. The zero-order valence-corrected chi connectivity index (χ0v) is 21.8. The van der Waals surface area contributed by atoms with Crippen LogP contribution in [0.2, 0.25) is 0 Å². The highest BCUT2D eigenvalue weighted by atomic mass is 32.2. The molecule has 0 bridgehead atoms. The lowest BCUT2D eigenvalue weighted by Crippen LogP contribution is -2.28. The van der Waals surface area contributed by atoms with E-state index >= 15 is 0 Å². The molecule has 0 atom stereocenters. The van der Waals surface area contributed by atoms with Crippen LogP contribution in [0.25, 0.3) is 0 Å². The van der Waals surface area contributed by atoms with Crippen molar-refractivity contribution in [2.75, 3.05) is 5.32 Å². The van der Waals surface area contributed by atoms with Gasteiger partial charge >= 0.3 is 21.6 Å². The van der Waals surface area contributed by atoms with E-state index in [-0.39, 0.29) is 22.9 Å². The third-order valence-electron chi connectivity index (χ3n) is 4.57. The highest BCUT2D eigenvalue weighted by Crippen LogP contribution is 2.39. The summed E-state index contributed by atoms with van der Waals surface area (Å²) >= 11 is 1.22. The van der Waals surface area contributed by atoms with Crippen LogP contribution in [-0.4, -0.2) is 25.8 Å². The monoisotopic (exact) mass is 535 g/mol. The number of alkyl halides is 3. The molecule has 2 rings (SSSR count). The van der Waals surface area contributed by atoms with Crippen LogP contribution in [0.3, 0.4) is 0 Å². The Morgan fingerprint density at radius 2 is 1.63 bits per heavy atom. The van der Waals surface area contributed by atoms with E-state index in [1.165, 1.54) is 23.5 Å². The predicted octanol–water partition coefficient (Wildman–Crippen LogP) is 6.26. The van der Waals surface area contributed by atoms with E-state index in [0.717, 1.165) is 10.9 Å². The van der Waals surface area contributed by atoms with Crippen LogP contribution in [0.1, 0.15) is 68.9 Å². The topological polar surface area (TPSA) is 98.8 Å². The molecule has 0 saturated heterocycles. The Hall–Kier alpha value is -2.60. The lowest BCUT2D eigenvalue weighted by atomic mass is 9.91. The van der Waals surface area contributed by atoms with Gasteiger partial charge in [-0.05, 0) is 41.5 Å². The molecule has 1 aromatic carbocycles. The summed E-state index contributed by atoms with van der Waals surface area (Å²) in [7, 11) is -6.06. The molecule has 0 spiro atoms. The number of nitrogens with one attached hydrogen (secondary N) is 1. The van der Waals surface area contributed by atoms with Crippen molar-refractivity contribution in [3.05, 3.63) is 40.1 Å². The molecule has 0 aliphatic heterocycles. The first kappa shape index (κ1) is 28.6. The van der Waals surface area contributed by atoms with Gasteiger partial charge in [0.25, 0.3) is 5.91 Å². The van der Waals surface area contributed by atoms with Gasteiger partial charge in [0.2, 0.25) is 0 Å². The first-order chi connectivity index (χ1) is 15.8. The number of halogens is 3. The predicted molar refractivity (Wildman–Crippen MR) is 127 cm³/mol. The molecule has 35 heavy (non-hydrogen) atoms. The Bertz CT molecular complexity index is 1190. The maximum atomic E-state index is 12.9. The minimum absolute atomic E-state index is 0.100. The summed E-state index contributed by atoms with van der Waals surface area (Å²) < 4.78 is 71.4. The van der Waals surface area contributed by atoms with E-state index in [1.807, 2.05) is 41.5 Å². The fourth-order valence-electron chi connectivity index (χ4n) is 2.64. The van der Waals surface area contributed by atoms with Crippen LogP contribution in [0.5, 0.6) is 11.5 Å². The van der Waals surface area contributed by atoms with Gasteiger partial charge in [-0.25, -0.2) is 0 Å². The van der Waals surface area contributed by atoms with Crippen LogP contribution < -0.4 is 14.2 Å². The molecule has 1 N–H and O–H groups in total. The van der Waals surface area contributed by atoms with Gasteiger partial charge in [-0.1, -0.05) is 47.6 Å². The Kier molecular flexibility index (Phi) is 8.33. The van der Waals surface area contributed by atoms with Gasteiger partial charge in [0.05, 0.1) is 10.6 Å². The highest BCUT2D eigenvalue weighted by Gasteiger charge is 2.49. The summed E-state index contributed by atoms with van der Waals surface area (Å²) in [6, 6.07) is 6.69. The standard InChI is InChI=1S/C23H28F3NO6S2/c1-21(2,3)13-12-18(28)32-19-14(8-7-9-15(19)33-35(30,31)23(24,25)26)27-20(29)16-10-11-17(34-16)22(4,5)6/h7-11H,12-13H2,1-6H3,(H,27,29). The number of hydrogen-bond acceptors (Lipinski definition) is 7. The molecule has 7 nitrogen and oxygen atoms in total. The number of esters is 1. The molecule has 1 heterocycles. The van der Waals surface area contributed by atoms with Crippen molar-refractivity contribution < 1.29 is 40.1 Å². The largest absolute Gasteiger partial charge is 0.534 e. The minimum Gasteiger partial charge on any atom is -0.420 e. The minimum atomic E-state index is -6.06. The molecule has 0 fully saturated rings. The summed E-state index contributed by atoms with van der Waals surface area (Å²) in [5.41, 5.74) is -6.38. The summed E-state index contributed by atoms with van der Waals surface area (Å²) in [6.45, 7) is 11.6. The molecule has 194 valence electrons. The molecular formula is C23H28F3NO6S2. The third kappa shape index (κ3) is 7.96. The van der Waals surface area contributed by atoms with Gasteiger partial charge in [0.1, 0.15) is 0 Å². The number of ether oxygens (including phenoxy) is 1. The third-order valence-corrected chi connectivity index (χ3v) is 7.05.